The summed E-state index contributed by atoms with van der Waals surface area (Å²) in [4.78, 5) is 4.54. The molecule has 0 radical (unpaired) electrons. The molecule has 27 heavy (non-hydrogen) atoms. The van der Waals surface area contributed by atoms with E-state index in [1.165, 1.54) is 18.4 Å². The quantitative estimate of drug-likeness (QED) is 0.548. The molecule has 7 heteroatoms. The molecule has 0 unspecified atom stereocenters. The average molecular weight is 363 g/mol. The van der Waals surface area contributed by atoms with E-state index >= 15 is 0 Å². The van der Waals surface area contributed by atoms with Crippen molar-refractivity contribution >= 4 is 5.65 Å². The monoisotopic (exact) mass is 363 g/mol. The minimum Gasteiger partial charge on any atom is -0.276 e. The van der Waals surface area contributed by atoms with E-state index in [4.69, 9.17) is 0 Å². The molecule has 4 aromatic rings. The lowest BCUT2D eigenvalue weighted by molar-refractivity contribution is 0.767. The minimum absolute atomic E-state index is 0.846. The van der Waals surface area contributed by atoms with Gasteiger partial charge in [-0.1, -0.05) is 0 Å². The zero-order chi connectivity index (χ0) is 19.1. The van der Waals surface area contributed by atoms with Crippen molar-refractivity contribution in [1.29, 1.82) is 0 Å². The molecule has 0 aliphatic heterocycles. The van der Waals surface area contributed by atoms with Crippen LogP contribution in [-0.2, 0) is 14.1 Å². The number of hydrogen-bond donors (Lipinski definition) is 0. The molecule has 4 aromatic heterocycles. The van der Waals surface area contributed by atoms with Gasteiger partial charge in [-0.05, 0) is 62.8 Å². The van der Waals surface area contributed by atoms with Crippen molar-refractivity contribution < 1.29 is 0 Å². The van der Waals surface area contributed by atoms with E-state index in [9.17, 15) is 0 Å². The predicted octanol–water partition coefficient (Wildman–Crippen LogP) is 3.35. The molecule has 1 aliphatic carbocycles. The van der Waals surface area contributed by atoms with Crippen LogP contribution in [0.3, 0.4) is 0 Å². The van der Waals surface area contributed by atoms with Crippen LogP contribution < -0.4 is 0 Å². The molecule has 0 atom stereocenters. The highest BCUT2D eigenvalue weighted by Crippen LogP contribution is 2.39. The lowest BCUT2D eigenvalue weighted by Crippen LogP contribution is -2.02. The molecule has 0 saturated heterocycles. The van der Waals surface area contributed by atoms with E-state index in [1.54, 1.807) is 6.20 Å². The Kier molecular flexibility index (Phi) is 4.30. The van der Waals surface area contributed by atoms with Crippen LogP contribution in [0.2, 0.25) is 0 Å². The van der Waals surface area contributed by atoms with Crippen molar-refractivity contribution in [2.75, 3.05) is 0 Å². The summed E-state index contributed by atoms with van der Waals surface area (Å²) in [6, 6.07) is 4.02. The number of aryl methyl sites for hydroxylation is 5. The third-order valence-electron chi connectivity index (χ3n) is 5.09. The summed E-state index contributed by atoms with van der Waals surface area (Å²) in [5, 5.41) is 12.9. The normalized spacial score (nSPS) is 13.7. The molecular formula is C20H25N7. The first kappa shape index (κ1) is 17.5. The Morgan fingerprint density at radius 1 is 1.07 bits per heavy atom. The van der Waals surface area contributed by atoms with Crippen molar-refractivity contribution in [2.45, 2.75) is 39.5 Å². The lowest BCUT2D eigenvalue weighted by Gasteiger charge is -2.05. The molecule has 4 heterocycles. The van der Waals surface area contributed by atoms with Gasteiger partial charge in [-0.25, -0.2) is 9.50 Å². The van der Waals surface area contributed by atoms with Crippen molar-refractivity contribution in [3.63, 3.8) is 0 Å². The Hall–Kier alpha value is -2.96. The lowest BCUT2D eigenvalue weighted by atomic mass is 10.2. The van der Waals surface area contributed by atoms with Crippen molar-refractivity contribution in [3.05, 3.63) is 53.2 Å². The van der Waals surface area contributed by atoms with Gasteiger partial charge in [-0.3, -0.25) is 9.36 Å². The number of fused-ring (bicyclic) bond motifs is 1. The van der Waals surface area contributed by atoms with E-state index in [0.29, 0.717) is 0 Å². The van der Waals surface area contributed by atoms with Crippen molar-refractivity contribution in [2.24, 2.45) is 14.1 Å². The van der Waals surface area contributed by atoms with Crippen LogP contribution in [-0.4, -0.2) is 34.2 Å². The molecule has 1 saturated carbocycles. The maximum Gasteiger partial charge on any atom is 0.157 e. The predicted molar refractivity (Wildman–Crippen MR) is 105 cm³/mol. The second kappa shape index (κ2) is 6.64. The van der Waals surface area contributed by atoms with Gasteiger partial charge in [0.25, 0.3) is 0 Å². The van der Waals surface area contributed by atoms with Crippen LogP contribution in [0.25, 0.3) is 17.0 Å². The third kappa shape index (κ3) is 3.37. The summed E-state index contributed by atoms with van der Waals surface area (Å²) in [7, 11) is 3.88. The van der Waals surface area contributed by atoms with Gasteiger partial charge >= 0.3 is 0 Å². The van der Waals surface area contributed by atoms with Gasteiger partial charge in [-0.2, -0.15) is 15.3 Å². The van der Waals surface area contributed by atoms with Gasteiger partial charge in [0.2, 0.25) is 0 Å². The van der Waals surface area contributed by atoms with Gasteiger partial charge in [0, 0.05) is 26.5 Å². The van der Waals surface area contributed by atoms with E-state index in [-0.39, 0.29) is 0 Å². The number of rotatable bonds is 2. The fraction of sp³-hybridized carbons (Fsp3) is 0.400. The highest BCUT2D eigenvalue weighted by atomic mass is 15.3. The van der Waals surface area contributed by atoms with Gasteiger partial charge in [0.1, 0.15) is 5.69 Å². The molecule has 1 aliphatic rings. The van der Waals surface area contributed by atoms with E-state index in [2.05, 4.69) is 39.5 Å². The molecule has 0 N–H and O–H groups in total. The van der Waals surface area contributed by atoms with Gasteiger partial charge in [0.15, 0.2) is 5.65 Å². The Bertz CT molecular complexity index is 1100. The number of hydrogen-bond acceptors (Lipinski definition) is 4. The second-order valence-corrected chi connectivity index (χ2v) is 7.29. The van der Waals surface area contributed by atoms with E-state index in [0.717, 1.165) is 39.9 Å². The summed E-state index contributed by atoms with van der Waals surface area (Å²) in [6.07, 6.45) is 8.59. The molecule has 0 spiro atoms. The topological polar surface area (TPSA) is 65.8 Å². The summed E-state index contributed by atoms with van der Waals surface area (Å²) < 4.78 is 5.60. The van der Waals surface area contributed by atoms with Gasteiger partial charge < -0.3 is 0 Å². The molecular weight excluding hydrogens is 338 g/mol. The first-order valence-electron chi connectivity index (χ1n) is 9.24. The van der Waals surface area contributed by atoms with Crippen LogP contribution in [0.5, 0.6) is 0 Å². The molecule has 7 nitrogen and oxygen atoms in total. The Labute approximate surface area is 158 Å². The highest BCUT2D eigenvalue weighted by Gasteiger charge is 2.24. The zero-order valence-electron chi connectivity index (χ0n) is 16.5. The van der Waals surface area contributed by atoms with Crippen LogP contribution in [0.15, 0.2) is 30.7 Å². The Morgan fingerprint density at radius 2 is 1.85 bits per heavy atom. The number of aromatic nitrogens is 7. The molecule has 1 fully saturated rings. The average Bonchev–Trinajstić information content (AvgIpc) is 3.15. The van der Waals surface area contributed by atoms with Crippen LogP contribution in [0, 0.1) is 20.8 Å². The van der Waals surface area contributed by atoms with Crippen LogP contribution >= 0.6 is 0 Å². The molecule has 0 amide bonds. The zero-order valence-corrected chi connectivity index (χ0v) is 16.5. The molecule has 0 aromatic carbocycles. The van der Waals surface area contributed by atoms with Crippen LogP contribution in [0.1, 0.15) is 41.3 Å². The first-order valence-corrected chi connectivity index (χ1v) is 9.24. The van der Waals surface area contributed by atoms with Crippen molar-refractivity contribution in [3.8, 4) is 11.4 Å². The fourth-order valence-electron chi connectivity index (χ4n) is 3.20. The summed E-state index contributed by atoms with van der Waals surface area (Å²) in [6.45, 7) is 6.10. The molecule has 0 bridgehead atoms. The highest BCUT2D eigenvalue weighted by molar-refractivity contribution is 5.60. The summed E-state index contributed by atoms with van der Waals surface area (Å²) >= 11 is 0. The first-order chi connectivity index (χ1) is 12.9. The van der Waals surface area contributed by atoms with Crippen molar-refractivity contribution in [1.82, 2.24) is 34.2 Å². The van der Waals surface area contributed by atoms with Gasteiger partial charge in [0.05, 0.1) is 23.3 Å². The van der Waals surface area contributed by atoms with Crippen LogP contribution in [0.4, 0.5) is 0 Å². The second-order valence-electron chi connectivity index (χ2n) is 7.29. The molecule has 5 rings (SSSR count). The maximum atomic E-state index is 4.65. The van der Waals surface area contributed by atoms with E-state index in [1.807, 2.05) is 54.1 Å². The SMILES string of the molecule is Cc1nc2c(C)cc(-c3ccnn3C)nn2c1C.Cn1cc(C2CC2)cn1. The fourth-order valence-corrected chi connectivity index (χ4v) is 3.20. The molecule has 140 valence electrons. The Morgan fingerprint density at radius 3 is 2.44 bits per heavy atom. The smallest absolute Gasteiger partial charge is 0.157 e. The number of imidazole rings is 1. The largest absolute Gasteiger partial charge is 0.276 e. The Balaban J connectivity index is 0.000000167. The maximum absolute atomic E-state index is 4.65. The van der Waals surface area contributed by atoms with E-state index < -0.39 is 0 Å². The number of nitrogens with zero attached hydrogens (tertiary/aromatic N) is 7. The standard InChI is InChI=1S/C13H15N5.C7H10N2/c1-8-7-11(12-5-6-14-17(12)4)16-18-10(3)9(2)15-13(8)18;1-9-5-7(4-8-9)6-2-3-6/h5-7H,1-4H3;4-6H,2-3H2,1H3. The summed E-state index contributed by atoms with van der Waals surface area (Å²) in [5.74, 6) is 0.846. The van der Waals surface area contributed by atoms with Gasteiger partial charge in [-0.15, -0.1) is 0 Å². The minimum atomic E-state index is 0.846. The third-order valence-corrected chi connectivity index (χ3v) is 5.09. The summed E-state index contributed by atoms with van der Waals surface area (Å²) in [5.41, 5.74) is 7.49.